The summed E-state index contributed by atoms with van der Waals surface area (Å²) in [7, 11) is 0.0164. The van der Waals surface area contributed by atoms with E-state index in [1.165, 1.54) is 12.1 Å². The molecule has 0 aromatic heterocycles. The summed E-state index contributed by atoms with van der Waals surface area (Å²) in [4.78, 5) is 1.94. The Bertz CT molecular complexity index is 915. The van der Waals surface area contributed by atoms with Crippen molar-refractivity contribution in [2.45, 2.75) is 52.0 Å². The fourth-order valence-corrected chi connectivity index (χ4v) is 6.83. The second-order valence-electron chi connectivity index (χ2n) is 9.37. The fraction of sp³-hybridized carbons (Fsp3) is 0.520. The van der Waals surface area contributed by atoms with E-state index in [9.17, 15) is 14.1 Å². The van der Waals surface area contributed by atoms with Gasteiger partial charge < -0.3 is 14.5 Å². The molecule has 0 unspecified atom stereocenters. The van der Waals surface area contributed by atoms with Gasteiger partial charge in [0.1, 0.15) is 5.82 Å². The highest BCUT2D eigenvalue weighted by Crippen LogP contribution is 2.60. The second kappa shape index (κ2) is 9.85. The second-order valence-corrected chi connectivity index (χ2v) is 11.8. The molecule has 170 valence electrons. The molecule has 1 aliphatic carbocycles. The minimum absolute atomic E-state index is 0.00692. The average Bonchev–Trinajstić information content (AvgIpc) is 2.73. The molecule has 0 aliphatic heterocycles. The van der Waals surface area contributed by atoms with E-state index in [2.05, 4.69) is 20.8 Å². The summed E-state index contributed by atoms with van der Waals surface area (Å²) in [5.74, 6) is -1.08. The van der Waals surface area contributed by atoms with Crippen LogP contribution in [-0.4, -0.2) is 25.3 Å². The Labute approximate surface area is 185 Å². The van der Waals surface area contributed by atoms with E-state index < -0.39 is 19.0 Å². The largest absolute Gasteiger partial charge is 0.378 e. The van der Waals surface area contributed by atoms with E-state index >= 15 is 0 Å². The first kappa shape index (κ1) is 24.0. The van der Waals surface area contributed by atoms with E-state index in [0.29, 0.717) is 17.1 Å². The third kappa shape index (κ3) is 5.22. The number of halogens is 1. The van der Waals surface area contributed by atoms with Crippen molar-refractivity contribution in [2.24, 2.45) is 17.8 Å². The van der Waals surface area contributed by atoms with Crippen LogP contribution in [0, 0.1) is 23.6 Å². The summed E-state index contributed by atoms with van der Waals surface area (Å²) >= 11 is 0. The molecule has 1 fully saturated rings. The first-order valence-electron chi connectivity index (χ1n) is 11.1. The van der Waals surface area contributed by atoms with Crippen molar-refractivity contribution in [1.82, 2.24) is 0 Å². The van der Waals surface area contributed by atoms with Crippen LogP contribution in [0.2, 0.25) is 0 Å². The first-order chi connectivity index (χ1) is 14.6. The predicted molar refractivity (Wildman–Crippen MR) is 126 cm³/mol. The Kier molecular flexibility index (Phi) is 7.62. The Morgan fingerprint density at radius 2 is 1.74 bits per heavy atom. The van der Waals surface area contributed by atoms with E-state index in [1.807, 2.05) is 31.1 Å². The van der Waals surface area contributed by atoms with Gasteiger partial charge in [-0.2, -0.15) is 0 Å². The quantitative estimate of drug-likeness (QED) is 0.532. The Balaban J connectivity index is 2.05. The molecule has 31 heavy (non-hydrogen) atoms. The van der Waals surface area contributed by atoms with Gasteiger partial charge in [-0.1, -0.05) is 45.4 Å². The van der Waals surface area contributed by atoms with Crippen LogP contribution in [0.15, 0.2) is 48.5 Å². The molecule has 0 spiro atoms. The zero-order chi connectivity index (χ0) is 22.8. The number of nitrogens with zero attached hydrogens (tertiary/aromatic N) is 1. The molecular weight excluding hydrogens is 412 g/mol. The summed E-state index contributed by atoms with van der Waals surface area (Å²) in [6, 6.07) is 13.1. The molecule has 1 N–H and O–H groups in total. The Morgan fingerprint density at radius 3 is 2.32 bits per heavy atom. The standard InChI is InChI=1S/C25H35FNO3P/c1-17(2)21-15-10-18(3)16-24(21)30-31(29,20-13-11-19(12-14-20)27(4)5)25(28)22-8-6-7-9-23(22)26/h6-9,11-14,17-18,21,24-25,28H,10,15-16H2,1-5H3/t18-,21-,24+,25-,31-/m0/s1. The fourth-order valence-electron chi connectivity index (χ4n) is 4.52. The molecule has 0 heterocycles. The molecule has 0 bridgehead atoms. The monoisotopic (exact) mass is 447 g/mol. The Hall–Kier alpha value is -1.68. The molecule has 5 atom stereocenters. The summed E-state index contributed by atoms with van der Waals surface area (Å²) < 4.78 is 35.4. The first-order valence-corrected chi connectivity index (χ1v) is 12.8. The third-order valence-corrected chi connectivity index (χ3v) is 9.01. The third-order valence-electron chi connectivity index (χ3n) is 6.48. The van der Waals surface area contributed by atoms with Gasteiger partial charge in [-0.25, -0.2) is 4.39 Å². The van der Waals surface area contributed by atoms with Crippen molar-refractivity contribution in [1.29, 1.82) is 0 Å². The smallest absolute Gasteiger partial charge is 0.264 e. The number of hydrogen-bond donors (Lipinski definition) is 1. The highest BCUT2D eigenvalue weighted by atomic mass is 31.2. The molecular formula is C25H35FNO3P. The normalized spacial score (nSPS) is 24.6. The SMILES string of the molecule is CC(C)[C@@H]1CC[C@H](C)C[C@H]1O[P@@](=O)(c1ccc(N(C)C)cc1)[C@H](O)c1ccccc1F. The number of benzene rings is 2. The number of anilines is 1. The molecule has 1 aliphatic rings. The van der Waals surface area contributed by atoms with E-state index in [1.54, 1.807) is 24.3 Å². The number of aliphatic hydroxyl groups is 1. The lowest BCUT2D eigenvalue weighted by atomic mass is 9.75. The molecule has 2 aromatic carbocycles. The summed E-state index contributed by atoms with van der Waals surface area (Å²) in [6.45, 7) is 6.49. The van der Waals surface area contributed by atoms with Crippen LogP contribution in [0.3, 0.4) is 0 Å². The van der Waals surface area contributed by atoms with Crippen molar-refractivity contribution in [2.75, 3.05) is 19.0 Å². The Morgan fingerprint density at radius 1 is 1.10 bits per heavy atom. The predicted octanol–water partition coefficient (Wildman–Crippen LogP) is 5.96. The molecule has 0 radical (unpaired) electrons. The van der Waals surface area contributed by atoms with Gasteiger partial charge in [-0.3, -0.25) is 4.57 Å². The summed E-state index contributed by atoms with van der Waals surface area (Å²) in [5, 5.41) is 11.6. The maximum Gasteiger partial charge on any atom is 0.264 e. The average molecular weight is 448 g/mol. The van der Waals surface area contributed by atoms with Crippen LogP contribution in [0.4, 0.5) is 10.1 Å². The summed E-state index contributed by atoms with van der Waals surface area (Å²) in [5.41, 5.74) is 0.953. The number of hydrogen-bond acceptors (Lipinski definition) is 4. The zero-order valence-corrected chi connectivity index (χ0v) is 20.1. The van der Waals surface area contributed by atoms with Gasteiger partial charge in [-0.05, 0) is 60.9 Å². The van der Waals surface area contributed by atoms with Crippen LogP contribution >= 0.6 is 7.37 Å². The van der Waals surface area contributed by atoms with Crippen LogP contribution < -0.4 is 10.2 Å². The van der Waals surface area contributed by atoms with Crippen molar-refractivity contribution in [3.05, 3.63) is 59.9 Å². The van der Waals surface area contributed by atoms with E-state index in [0.717, 1.165) is 24.9 Å². The van der Waals surface area contributed by atoms with Crippen LogP contribution in [0.25, 0.3) is 0 Å². The lowest BCUT2D eigenvalue weighted by Gasteiger charge is -2.40. The van der Waals surface area contributed by atoms with Gasteiger partial charge >= 0.3 is 0 Å². The van der Waals surface area contributed by atoms with Gasteiger partial charge in [0.25, 0.3) is 7.37 Å². The molecule has 2 aromatic rings. The molecule has 0 saturated heterocycles. The lowest BCUT2D eigenvalue weighted by molar-refractivity contribution is 0.0425. The maximum atomic E-state index is 14.6. The van der Waals surface area contributed by atoms with Gasteiger partial charge in [0, 0.05) is 30.7 Å². The van der Waals surface area contributed by atoms with Crippen molar-refractivity contribution < 1.29 is 18.6 Å². The molecule has 6 heteroatoms. The highest BCUT2D eigenvalue weighted by molar-refractivity contribution is 7.67. The van der Waals surface area contributed by atoms with Gasteiger partial charge in [0.05, 0.1) is 6.10 Å². The van der Waals surface area contributed by atoms with Crippen molar-refractivity contribution in [3.63, 3.8) is 0 Å². The van der Waals surface area contributed by atoms with E-state index in [-0.39, 0.29) is 17.6 Å². The highest BCUT2D eigenvalue weighted by Gasteiger charge is 2.43. The summed E-state index contributed by atoms with van der Waals surface area (Å²) in [6.07, 6.45) is 2.65. The zero-order valence-electron chi connectivity index (χ0n) is 19.2. The van der Waals surface area contributed by atoms with Crippen molar-refractivity contribution in [3.8, 4) is 0 Å². The molecule has 0 amide bonds. The minimum atomic E-state index is -3.84. The molecule has 4 nitrogen and oxygen atoms in total. The number of rotatable bonds is 7. The maximum absolute atomic E-state index is 14.6. The van der Waals surface area contributed by atoms with Gasteiger partial charge in [0.2, 0.25) is 0 Å². The lowest BCUT2D eigenvalue weighted by Crippen LogP contribution is -2.35. The van der Waals surface area contributed by atoms with Gasteiger partial charge in [-0.15, -0.1) is 0 Å². The van der Waals surface area contributed by atoms with E-state index in [4.69, 9.17) is 4.52 Å². The van der Waals surface area contributed by atoms with Gasteiger partial charge in [0.15, 0.2) is 5.85 Å². The topological polar surface area (TPSA) is 49.8 Å². The van der Waals surface area contributed by atoms with Crippen LogP contribution in [0.5, 0.6) is 0 Å². The number of aliphatic hydroxyl groups excluding tert-OH is 1. The molecule has 1 saturated carbocycles. The van der Waals surface area contributed by atoms with Crippen LogP contribution in [0.1, 0.15) is 51.4 Å². The van der Waals surface area contributed by atoms with Crippen molar-refractivity contribution >= 4 is 18.4 Å². The minimum Gasteiger partial charge on any atom is -0.378 e. The molecule has 3 rings (SSSR count). The van der Waals surface area contributed by atoms with Crippen LogP contribution in [-0.2, 0) is 9.09 Å².